The van der Waals surface area contributed by atoms with E-state index < -0.39 is 4.92 Å². The van der Waals surface area contributed by atoms with Crippen molar-refractivity contribution in [1.29, 1.82) is 0 Å². The molecule has 8 heteroatoms. The van der Waals surface area contributed by atoms with Gasteiger partial charge in [-0.05, 0) is 18.8 Å². The zero-order chi connectivity index (χ0) is 14.5. The maximum Gasteiger partial charge on any atom is 0.329 e. The summed E-state index contributed by atoms with van der Waals surface area (Å²) in [6.07, 6.45) is 3.72. The molecule has 0 radical (unpaired) electrons. The molecule has 1 N–H and O–H groups in total. The average Bonchev–Trinajstić information content (AvgIpc) is 3.26. The third-order valence-electron chi connectivity index (χ3n) is 3.15. The van der Waals surface area contributed by atoms with E-state index in [4.69, 9.17) is 4.74 Å². The molecule has 1 aliphatic rings. The van der Waals surface area contributed by atoms with Crippen LogP contribution in [0.2, 0.25) is 0 Å². The molecule has 0 saturated heterocycles. The number of nitro groups is 1. The van der Waals surface area contributed by atoms with Crippen LogP contribution in [0, 0.1) is 16.0 Å². The van der Waals surface area contributed by atoms with Gasteiger partial charge in [0.05, 0.1) is 11.5 Å². The van der Waals surface area contributed by atoms with Crippen molar-refractivity contribution in [3.63, 3.8) is 0 Å². The molecule has 2 rings (SSSR count). The second kappa shape index (κ2) is 6.47. The first-order valence-corrected chi connectivity index (χ1v) is 6.60. The fraction of sp³-hybridized carbons (Fsp3) is 0.667. The Morgan fingerprint density at radius 1 is 1.60 bits per heavy atom. The second-order valence-electron chi connectivity index (χ2n) is 4.85. The zero-order valence-electron chi connectivity index (χ0n) is 11.7. The average molecular weight is 281 g/mol. The van der Waals surface area contributed by atoms with Crippen molar-refractivity contribution < 1.29 is 9.66 Å². The molecule has 110 valence electrons. The molecule has 0 amide bonds. The van der Waals surface area contributed by atoms with Gasteiger partial charge in [-0.1, -0.05) is 0 Å². The molecule has 1 saturated carbocycles. The maximum atomic E-state index is 11.0. The molecule has 0 unspecified atom stereocenters. The van der Waals surface area contributed by atoms with Crippen molar-refractivity contribution in [2.45, 2.75) is 12.8 Å². The van der Waals surface area contributed by atoms with Crippen LogP contribution in [0.4, 0.5) is 17.5 Å². The summed E-state index contributed by atoms with van der Waals surface area (Å²) in [7, 11) is 3.43. The van der Waals surface area contributed by atoms with Gasteiger partial charge >= 0.3 is 5.69 Å². The van der Waals surface area contributed by atoms with Crippen LogP contribution in [0.15, 0.2) is 6.20 Å². The lowest BCUT2D eigenvalue weighted by molar-refractivity contribution is -0.384. The summed E-state index contributed by atoms with van der Waals surface area (Å²) in [4.78, 5) is 20.3. The van der Waals surface area contributed by atoms with Gasteiger partial charge in [-0.25, -0.2) is 4.98 Å². The molecule has 20 heavy (non-hydrogen) atoms. The van der Waals surface area contributed by atoms with Crippen LogP contribution in [0.3, 0.4) is 0 Å². The van der Waals surface area contributed by atoms with Gasteiger partial charge in [0, 0.05) is 27.2 Å². The van der Waals surface area contributed by atoms with Crippen molar-refractivity contribution in [2.75, 3.05) is 44.1 Å². The molecule has 1 aromatic heterocycles. The summed E-state index contributed by atoms with van der Waals surface area (Å²) in [5.74, 6) is 1.37. The van der Waals surface area contributed by atoms with E-state index in [9.17, 15) is 10.1 Å². The number of aromatic nitrogens is 2. The number of hydrogen-bond donors (Lipinski definition) is 1. The third-order valence-corrected chi connectivity index (χ3v) is 3.15. The van der Waals surface area contributed by atoms with Crippen LogP contribution < -0.4 is 10.2 Å². The van der Waals surface area contributed by atoms with E-state index in [0.29, 0.717) is 30.8 Å². The Labute approximate surface area is 117 Å². The van der Waals surface area contributed by atoms with Crippen molar-refractivity contribution in [2.24, 2.45) is 5.92 Å². The van der Waals surface area contributed by atoms with Crippen LogP contribution in [0.1, 0.15) is 12.8 Å². The minimum absolute atomic E-state index is 0.103. The molecule has 0 aromatic carbocycles. The molecule has 1 aliphatic carbocycles. The number of anilines is 2. The quantitative estimate of drug-likeness (QED) is 0.436. The van der Waals surface area contributed by atoms with Gasteiger partial charge < -0.3 is 15.0 Å². The molecule has 1 fully saturated rings. The Kier molecular flexibility index (Phi) is 4.67. The van der Waals surface area contributed by atoms with E-state index in [1.54, 1.807) is 19.0 Å². The number of ether oxygens (including phenoxy) is 1. The molecule has 0 bridgehead atoms. The monoisotopic (exact) mass is 281 g/mol. The highest BCUT2D eigenvalue weighted by Gasteiger charge is 2.22. The van der Waals surface area contributed by atoms with E-state index in [1.165, 1.54) is 19.0 Å². The maximum absolute atomic E-state index is 11.0. The summed E-state index contributed by atoms with van der Waals surface area (Å²) in [6.45, 7) is 1.86. The Morgan fingerprint density at radius 2 is 2.35 bits per heavy atom. The van der Waals surface area contributed by atoms with Crippen LogP contribution >= 0.6 is 0 Å². The summed E-state index contributed by atoms with van der Waals surface area (Å²) in [5, 5.41) is 13.8. The van der Waals surface area contributed by atoms with Crippen molar-refractivity contribution in [1.82, 2.24) is 9.97 Å². The third kappa shape index (κ3) is 3.77. The summed E-state index contributed by atoms with van der Waals surface area (Å²) < 4.78 is 5.54. The number of nitrogens with one attached hydrogen (secondary N) is 1. The van der Waals surface area contributed by atoms with Crippen LogP contribution in [0.25, 0.3) is 0 Å². The van der Waals surface area contributed by atoms with Gasteiger partial charge in [0.15, 0.2) is 0 Å². The van der Waals surface area contributed by atoms with Gasteiger partial charge in [0.25, 0.3) is 0 Å². The second-order valence-corrected chi connectivity index (χ2v) is 4.85. The van der Waals surface area contributed by atoms with E-state index >= 15 is 0 Å². The van der Waals surface area contributed by atoms with Gasteiger partial charge in [0.1, 0.15) is 6.20 Å². The largest absolute Gasteiger partial charge is 0.379 e. The molecule has 0 spiro atoms. The SMILES string of the molecule is CNc1ncc([N+](=O)[O-])c(N(C)CCOCC2CC2)n1. The molecule has 0 aliphatic heterocycles. The van der Waals surface area contributed by atoms with E-state index in [-0.39, 0.29) is 5.69 Å². The first-order valence-electron chi connectivity index (χ1n) is 6.60. The Bertz CT molecular complexity index is 478. The summed E-state index contributed by atoms with van der Waals surface area (Å²) in [5.41, 5.74) is -0.103. The predicted molar refractivity (Wildman–Crippen MR) is 75.0 cm³/mol. The fourth-order valence-corrected chi connectivity index (χ4v) is 1.74. The molecule has 8 nitrogen and oxygen atoms in total. The first kappa shape index (κ1) is 14.4. The predicted octanol–water partition coefficient (Wildman–Crippen LogP) is 1.29. The molecule has 1 heterocycles. The topological polar surface area (TPSA) is 93.4 Å². The summed E-state index contributed by atoms with van der Waals surface area (Å²) in [6, 6.07) is 0. The van der Waals surface area contributed by atoms with Crippen LogP contribution in [-0.2, 0) is 4.74 Å². The lowest BCUT2D eigenvalue weighted by Gasteiger charge is -2.18. The van der Waals surface area contributed by atoms with Gasteiger partial charge in [-0.3, -0.25) is 10.1 Å². The highest BCUT2D eigenvalue weighted by atomic mass is 16.6. The van der Waals surface area contributed by atoms with Gasteiger partial charge in [0.2, 0.25) is 11.8 Å². The van der Waals surface area contributed by atoms with Crippen LogP contribution in [-0.4, -0.2) is 48.7 Å². The highest BCUT2D eigenvalue weighted by Crippen LogP contribution is 2.29. The van der Waals surface area contributed by atoms with Crippen molar-refractivity contribution >= 4 is 17.5 Å². The van der Waals surface area contributed by atoms with E-state index in [0.717, 1.165) is 6.61 Å². The Balaban J connectivity index is 1.97. The van der Waals surface area contributed by atoms with Crippen molar-refractivity contribution in [3.05, 3.63) is 16.3 Å². The van der Waals surface area contributed by atoms with Crippen LogP contribution in [0.5, 0.6) is 0 Å². The van der Waals surface area contributed by atoms with E-state index in [2.05, 4.69) is 15.3 Å². The Hall–Kier alpha value is -1.96. The number of likely N-dealkylation sites (N-methyl/N-ethyl adjacent to an activating group) is 1. The summed E-state index contributed by atoms with van der Waals surface area (Å²) >= 11 is 0. The van der Waals surface area contributed by atoms with E-state index in [1.807, 2.05) is 0 Å². The zero-order valence-corrected chi connectivity index (χ0v) is 11.7. The van der Waals surface area contributed by atoms with Gasteiger partial charge in [-0.2, -0.15) is 4.98 Å². The highest BCUT2D eigenvalue weighted by molar-refractivity contribution is 5.58. The number of nitrogens with zero attached hydrogens (tertiary/aromatic N) is 4. The Morgan fingerprint density at radius 3 is 2.95 bits per heavy atom. The number of hydrogen-bond acceptors (Lipinski definition) is 7. The molecular weight excluding hydrogens is 262 g/mol. The lowest BCUT2D eigenvalue weighted by Crippen LogP contribution is -2.25. The van der Waals surface area contributed by atoms with Crippen molar-refractivity contribution in [3.8, 4) is 0 Å². The molecule has 1 aromatic rings. The minimum atomic E-state index is -0.476. The fourth-order valence-electron chi connectivity index (χ4n) is 1.74. The lowest BCUT2D eigenvalue weighted by atomic mass is 10.4. The standard InChI is InChI=1S/C12H19N5O3/c1-13-12-14-7-10(17(18)19)11(15-12)16(2)5-6-20-8-9-3-4-9/h7,9H,3-6,8H2,1-2H3,(H,13,14,15). The molecule has 0 atom stereocenters. The molecular formula is C12H19N5O3. The minimum Gasteiger partial charge on any atom is -0.379 e. The first-order chi connectivity index (χ1) is 9.61. The van der Waals surface area contributed by atoms with Gasteiger partial charge in [-0.15, -0.1) is 0 Å². The number of rotatable bonds is 8. The normalized spacial score (nSPS) is 14.1. The smallest absolute Gasteiger partial charge is 0.329 e.